The van der Waals surface area contributed by atoms with Crippen LogP contribution in [-0.4, -0.2) is 47.4 Å². The van der Waals surface area contributed by atoms with Crippen LogP contribution in [0.3, 0.4) is 0 Å². The van der Waals surface area contributed by atoms with Crippen LogP contribution in [0.25, 0.3) is 0 Å². The first-order valence-corrected chi connectivity index (χ1v) is 8.93. The predicted molar refractivity (Wildman–Crippen MR) is 109 cm³/mol. The molecule has 1 fully saturated rings. The molecule has 1 atom stereocenters. The Bertz CT molecular complexity index is 790. The Morgan fingerprint density at radius 1 is 1.37 bits per heavy atom. The van der Waals surface area contributed by atoms with Crippen LogP contribution in [0, 0.1) is 5.82 Å². The molecule has 148 valence electrons. The number of amides is 2. The second kappa shape index (κ2) is 10.6. The highest BCUT2D eigenvalue weighted by molar-refractivity contribution is 7.14. The number of piperazine rings is 1. The van der Waals surface area contributed by atoms with E-state index in [0.717, 1.165) is 13.1 Å². The van der Waals surface area contributed by atoms with Crippen LogP contribution in [-0.2, 0) is 11.2 Å². The fourth-order valence-corrected chi connectivity index (χ4v) is 3.43. The van der Waals surface area contributed by atoms with Crippen LogP contribution in [0.2, 0.25) is 0 Å². The number of hydrogen-bond acceptors (Lipinski definition) is 5. The lowest BCUT2D eigenvalue weighted by Gasteiger charge is -2.33. The molecule has 1 aromatic heterocycles. The van der Waals surface area contributed by atoms with Gasteiger partial charge in [-0.05, 0) is 19.1 Å². The van der Waals surface area contributed by atoms with E-state index < -0.39 is 11.7 Å². The summed E-state index contributed by atoms with van der Waals surface area (Å²) >= 11 is 1.22. The number of carbonyl (C=O) groups excluding carboxylic acids is 2. The van der Waals surface area contributed by atoms with Crippen molar-refractivity contribution in [3.63, 3.8) is 0 Å². The summed E-state index contributed by atoms with van der Waals surface area (Å²) in [6.07, 6.45) is 0.191. The van der Waals surface area contributed by atoms with Gasteiger partial charge in [-0.15, -0.1) is 36.2 Å². The van der Waals surface area contributed by atoms with Crippen LogP contribution in [0.5, 0.6) is 0 Å². The molecular weight excluding hydrogens is 414 g/mol. The molecule has 10 heteroatoms. The average molecular weight is 435 g/mol. The summed E-state index contributed by atoms with van der Waals surface area (Å²) < 4.78 is 13.6. The number of benzene rings is 1. The maximum absolute atomic E-state index is 13.6. The zero-order valence-corrected chi connectivity index (χ0v) is 17.1. The molecule has 6 nitrogen and oxygen atoms in total. The first-order chi connectivity index (χ1) is 12.0. The second-order valence-electron chi connectivity index (χ2n) is 5.90. The van der Waals surface area contributed by atoms with Gasteiger partial charge in [0.15, 0.2) is 5.13 Å². The largest absolute Gasteiger partial charge is 0.337 e. The van der Waals surface area contributed by atoms with Crippen molar-refractivity contribution < 1.29 is 14.0 Å². The molecule has 0 spiro atoms. The smallest absolute Gasteiger partial charge is 0.260 e. The summed E-state index contributed by atoms with van der Waals surface area (Å²) in [7, 11) is 0. The van der Waals surface area contributed by atoms with E-state index in [1.165, 1.54) is 29.5 Å². The normalized spacial score (nSPS) is 16.1. The van der Waals surface area contributed by atoms with E-state index in [2.05, 4.69) is 15.6 Å². The molecule has 0 unspecified atom stereocenters. The molecule has 2 N–H and O–H groups in total. The molecule has 1 saturated heterocycles. The van der Waals surface area contributed by atoms with Crippen LogP contribution < -0.4 is 10.6 Å². The van der Waals surface area contributed by atoms with Crippen molar-refractivity contribution in [3.05, 3.63) is 46.7 Å². The fraction of sp³-hybridized carbons (Fsp3) is 0.353. The Hall–Kier alpha value is -1.74. The molecule has 2 amide bonds. The van der Waals surface area contributed by atoms with Crippen molar-refractivity contribution in [1.82, 2.24) is 15.2 Å². The van der Waals surface area contributed by atoms with E-state index in [-0.39, 0.29) is 48.7 Å². The van der Waals surface area contributed by atoms with Gasteiger partial charge in [-0.1, -0.05) is 12.1 Å². The first-order valence-electron chi connectivity index (χ1n) is 8.05. The third-order valence-electron chi connectivity index (χ3n) is 4.04. The maximum Gasteiger partial charge on any atom is 0.260 e. The summed E-state index contributed by atoms with van der Waals surface area (Å²) in [6.45, 7) is 4.26. The van der Waals surface area contributed by atoms with Gasteiger partial charge in [-0.3, -0.25) is 14.9 Å². The molecule has 1 aliphatic rings. The van der Waals surface area contributed by atoms with E-state index in [1.807, 2.05) is 11.8 Å². The predicted octanol–water partition coefficient (Wildman–Crippen LogP) is 2.74. The van der Waals surface area contributed by atoms with Gasteiger partial charge in [0.25, 0.3) is 5.91 Å². The number of carbonyl (C=O) groups is 2. The van der Waals surface area contributed by atoms with Gasteiger partial charge >= 0.3 is 0 Å². The van der Waals surface area contributed by atoms with Gasteiger partial charge in [-0.25, -0.2) is 9.37 Å². The van der Waals surface area contributed by atoms with E-state index in [1.54, 1.807) is 11.4 Å². The minimum absolute atomic E-state index is 0. The molecule has 0 bridgehead atoms. The third-order valence-corrected chi connectivity index (χ3v) is 4.85. The zero-order valence-electron chi connectivity index (χ0n) is 14.6. The van der Waals surface area contributed by atoms with Crippen molar-refractivity contribution in [2.45, 2.75) is 19.4 Å². The van der Waals surface area contributed by atoms with Crippen molar-refractivity contribution in [2.75, 3.05) is 25.0 Å². The van der Waals surface area contributed by atoms with Gasteiger partial charge in [0, 0.05) is 31.1 Å². The van der Waals surface area contributed by atoms with E-state index in [9.17, 15) is 14.0 Å². The van der Waals surface area contributed by atoms with E-state index >= 15 is 0 Å². The summed E-state index contributed by atoms with van der Waals surface area (Å²) in [6, 6.07) is 5.92. The number of hydrogen-bond donors (Lipinski definition) is 2. The highest BCUT2D eigenvalue weighted by Crippen LogP contribution is 2.18. The first kappa shape index (κ1) is 23.3. The lowest BCUT2D eigenvalue weighted by Crippen LogP contribution is -2.52. The SMILES string of the molecule is C[C@@H]1CNCCN1C(=O)Cc1csc(NC(=O)c2ccccc2F)n1.Cl.Cl. The number of rotatable bonds is 4. The quantitative estimate of drug-likeness (QED) is 0.775. The standard InChI is InChI=1S/C17H19FN4O2S.2ClH/c1-11-9-19-6-7-22(11)15(23)8-12-10-25-17(20-12)21-16(24)13-4-2-3-5-14(13)18;;/h2-5,10-11,19H,6-9H2,1H3,(H,20,21,24);2*1H/t11-;;/m1../s1. The molecule has 2 heterocycles. The van der Waals surface area contributed by atoms with E-state index in [0.29, 0.717) is 17.4 Å². The Morgan fingerprint density at radius 2 is 2.11 bits per heavy atom. The molecular formula is C17H21Cl2FN4O2S. The number of anilines is 1. The monoisotopic (exact) mass is 434 g/mol. The van der Waals surface area contributed by atoms with Crippen molar-refractivity contribution in [3.8, 4) is 0 Å². The lowest BCUT2D eigenvalue weighted by molar-refractivity contribution is -0.133. The molecule has 1 aromatic carbocycles. The Labute approximate surface area is 173 Å². The number of thiazole rings is 1. The molecule has 0 aliphatic carbocycles. The summed E-state index contributed by atoms with van der Waals surface area (Å²) in [5.41, 5.74) is 0.564. The third kappa shape index (κ3) is 5.87. The summed E-state index contributed by atoms with van der Waals surface area (Å²) in [5, 5.41) is 7.91. The molecule has 0 radical (unpaired) electrons. The second-order valence-corrected chi connectivity index (χ2v) is 6.75. The number of aromatic nitrogens is 1. The van der Waals surface area contributed by atoms with Crippen molar-refractivity contribution in [2.24, 2.45) is 0 Å². The average Bonchev–Trinajstić information content (AvgIpc) is 3.02. The van der Waals surface area contributed by atoms with Gasteiger partial charge in [0.05, 0.1) is 17.7 Å². The summed E-state index contributed by atoms with van der Waals surface area (Å²) in [5.74, 6) is -1.12. The van der Waals surface area contributed by atoms with Crippen LogP contribution >= 0.6 is 36.2 Å². The van der Waals surface area contributed by atoms with Crippen molar-refractivity contribution in [1.29, 1.82) is 0 Å². The Kier molecular flexibility index (Phi) is 9.11. The Balaban J connectivity index is 0.00000182. The zero-order chi connectivity index (χ0) is 17.8. The van der Waals surface area contributed by atoms with Crippen LogP contribution in [0.4, 0.5) is 9.52 Å². The highest BCUT2D eigenvalue weighted by atomic mass is 35.5. The number of nitrogens with zero attached hydrogens (tertiary/aromatic N) is 2. The number of nitrogens with one attached hydrogen (secondary N) is 2. The molecule has 27 heavy (non-hydrogen) atoms. The topological polar surface area (TPSA) is 74.3 Å². The molecule has 0 saturated carbocycles. The van der Waals surface area contributed by atoms with Gasteiger partial charge in [0.2, 0.25) is 5.91 Å². The van der Waals surface area contributed by atoms with Crippen LogP contribution in [0.1, 0.15) is 23.0 Å². The number of halogens is 3. The lowest BCUT2D eigenvalue weighted by atomic mass is 10.2. The van der Waals surface area contributed by atoms with Gasteiger partial charge in [0.1, 0.15) is 5.82 Å². The highest BCUT2D eigenvalue weighted by Gasteiger charge is 2.23. The summed E-state index contributed by atoms with van der Waals surface area (Å²) in [4.78, 5) is 30.6. The minimum Gasteiger partial charge on any atom is -0.337 e. The van der Waals surface area contributed by atoms with Gasteiger partial charge < -0.3 is 10.2 Å². The molecule has 2 aromatic rings. The maximum atomic E-state index is 13.6. The molecule has 3 rings (SSSR count). The Morgan fingerprint density at radius 3 is 2.81 bits per heavy atom. The van der Waals surface area contributed by atoms with Crippen molar-refractivity contribution >= 4 is 53.1 Å². The molecule has 1 aliphatic heterocycles. The van der Waals surface area contributed by atoms with Gasteiger partial charge in [-0.2, -0.15) is 0 Å². The minimum atomic E-state index is -0.584. The van der Waals surface area contributed by atoms with E-state index in [4.69, 9.17) is 0 Å². The van der Waals surface area contributed by atoms with Crippen LogP contribution in [0.15, 0.2) is 29.6 Å². The fourth-order valence-electron chi connectivity index (χ4n) is 2.72.